The third kappa shape index (κ3) is 5.45. The summed E-state index contributed by atoms with van der Waals surface area (Å²) in [4.78, 5) is 29.1. The largest absolute Gasteiger partial charge is 0.496 e. The fraction of sp³-hybridized carbons (Fsp3) is 0.333. The van der Waals surface area contributed by atoms with E-state index in [0.29, 0.717) is 53.7 Å². The maximum Gasteiger partial charge on any atom is 0.246 e. The van der Waals surface area contributed by atoms with Crippen LogP contribution in [0.3, 0.4) is 0 Å². The van der Waals surface area contributed by atoms with Gasteiger partial charge in [0.15, 0.2) is 0 Å². The average Bonchev–Trinajstić information content (AvgIpc) is 3.28. The summed E-state index contributed by atoms with van der Waals surface area (Å²) in [5, 5.41) is 11.4. The van der Waals surface area contributed by atoms with Crippen LogP contribution in [0, 0.1) is 24.7 Å². The number of rotatable bonds is 6. The molecule has 2 atom stereocenters. The molecule has 44 heavy (non-hydrogen) atoms. The van der Waals surface area contributed by atoms with Gasteiger partial charge in [0.1, 0.15) is 35.0 Å². The Labute approximate surface area is 255 Å². The van der Waals surface area contributed by atoms with Crippen LogP contribution >= 0.6 is 0 Å². The summed E-state index contributed by atoms with van der Waals surface area (Å²) in [6.07, 6.45) is 2.86. The first-order chi connectivity index (χ1) is 21.3. The molecule has 5 heterocycles. The summed E-state index contributed by atoms with van der Waals surface area (Å²) in [7, 11) is 3.52. The number of carbonyl (C=O) groups is 1. The third-order valence-electron chi connectivity index (χ3n) is 8.33. The SMILES string of the molecule is C=CC(=O)N1CC[C@@H](N2CC(C#Cc3c(-c4ccc(Oc5cccc(C)n5)cc4OC)c4c(N)ncnc4n3C)C2)[C@@H](O)C1. The van der Waals surface area contributed by atoms with Crippen molar-refractivity contribution >= 4 is 22.8 Å². The number of aromatic nitrogens is 4. The zero-order valence-electron chi connectivity index (χ0n) is 25.0. The highest BCUT2D eigenvalue weighted by atomic mass is 16.5. The first-order valence-corrected chi connectivity index (χ1v) is 14.5. The molecule has 2 aliphatic heterocycles. The highest BCUT2D eigenvalue weighted by molar-refractivity contribution is 6.04. The number of fused-ring (bicyclic) bond motifs is 1. The van der Waals surface area contributed by atoms with Crippen molar-refractivity contribution in [3.63, 3.8) is 0 Å². The Bertz CT molecular complexity index is 1800. The molecule has 6 rings (SSSR count). The number of β-amino-alcohol motifs (C(OH)–C–C–N with tert-alkyl or cyclic N) is 1. The molecule has 11 nitrogen and oxygen atoms in total. The lowest BCUT2D eigenvalue weighted by Crippen LogP contribution is -2.61. The predicted molar refractivity (Wildman–Crippen MR) is 167 cm³/mol. The number of amides is 1. The van der Waals surface area contributed by atoms with Crippen LogP contribution in [0.5, 0.6) is 17.4 Å². The minimum absolute atomic E-state index is 0.00479. The maximum atomic E-state index is 12.0. The monoisotopic (exact) mass is 593 g/mol. The van der Waals surface area contributed by atoms with Crippen molar-refractivity contribution in [1.82, 2.24) is 29.3 Å². The minimum Gasteiger partial charge on any atom is -0.496 e. The second-order valence-corrected chi connectivity index (χ2v) is 11.2. The van der Waals surface area contributed by atoms with Crippen LogP contribution in [-0.4, -0.2) is 85.8 Å². The number of benzene rings is 1. The summed E-state index contributed by atoms with van der Waals surface area (Å²) in [6, 6.07) is 11.2. The zero-order chi connectivity index (χ0) is 31.0. The van der Waals surface area contributed by atoms with Crippen LogP contribution in [0.15, 0.2) is 55.4 Å². The number of ether oxygens (including phenoxy) is 2. The molecule has 2 saturated heterocycles. The molecular formula is C33H35N7O4. The van der Waals surface area contributed by atoms with E-state index in [4.69, 9.17) is 15.2 Å². The van der Waals surface area contributed by atoms with E-state index in [1.165, 1.54) is 12.4 Å². The lowest BCUT2D eigenvalue weighted by Gasteiger charge is -2.47. The number of nitrogens with two attached hydrogens (primary N) is 1. The Hall–Kier alpha value is -4.92. The van der Waals surface area contributed by atoms with Crippen molar-refractivity contribution in [1.29, 1.82) is 0 Å². The van der Waals surface area contributed by atoms with Crippen LogP contribution < -0.4 is 15.2 Å². The van der Waals surface area contributed by atoms with E-state index < -0.39 is 6.10 Å². The Kier molecular flexibility index (Phi) is 7.95. The molecule has 0 radical (unpaired) electrons. The minimum atomic E-state index is -0.603. The average molecular weight is 594 g/mol. The normalized spacial score (nSPS) is 18.8. The van der Waals surface area contributed by atoms with Crippen molar-refractivity contribution < 1.29 is 19.4 Å². The smallest absolute Gasteiger partial charge is 0.246 e. The van der Waals surface area contributed by atoms with Crippen LogP contribution in [0.4, 0.5) is 5.82 Å². The van der Waals surface area contributed by atoms with Gasteiger partial charge in [0, 0.05) is 74.1 Å². The van der Waals surface area contributed by atoms with Gasteiger partial charge >= 0.3 is 0 Å². The lowest BCUT2D eigenvalue weighted by molar-refractivity contribution is -0.132. The summed E-state index contributed by atoms with van der Waals surface area (Å²) in [5.41, 5.74) is 10.3. The second kappa shape index (κ2) is 12.0. The van der Waals surface area contributed by atoms with E-state index in [-0.39, 0.29) is 17.9 Å². The van der Waals surface area contributed by atoms with E-state index in [9.17, 15) is 9.90 Å². The number of aliphatic hydroxyl groups is 1. The number of aryl methyl sites for hydroxylation is 2. The maximum absolute atomic E-state index is 12.0. The number of hydrogen-bond acceptors (Lipinski definition) is 9. The number of likely N-dealkylation sites (tertiary alicyclic amines) is 2. The highest BCUT2D eigenvalue weighted by Crippen LogP contribution is 2.42. The molecule has 4 aromatic rings. The van der Waals surface area contributed by atoms with Gasteiger partial charge in [-0.15, -0.1) is 0 Å². The van der Waals surface area contributed by atoms with Crippen molar-refractivity contribution in [2.45, 2.75) is 25.5 Å². The van der Waals surface area contributed by atoms with Gasteiger partial charge in [-0.05, 0) is 43.5 Å². The predicted octanol–water partition coefficient (Wildman–Crippen LogP) is 3.15. The van der Waals surface area contributed by atoms with Gasteiger partial charge in [-0.25, -0.2) is 15.0 Å². The fourth-order valence-corrected chi connectivity index (χ4v) is 6.04. The van der Waals surface area contributed by atoms with Gasteiger partial charge in [-0.3, -0.25) is 9.69 Å². The number of piperidine rings is 1. The molecule has 0 bridgehead atoms. The molecule has 2 fully saturated rings. The van der Waals surface area contributed by atoms with Crippen molar-refractivity contribution in [3.05, 3.63) is 66.8 Å². The molecule has 0 spiro atoms. The van der Waals surface area contributed by atoms with E-state index in [1.54, 1.807) is 18.1 Å². The van der Waals surface area contributed by atoms with Crippen LogP contribution in [-0.2, 0) is 11.8 Å². The zero-order valence-corrected chi connectivity index (χ0v) is 25.0. The first-order valence-electron chi connectivity index (χ1n) is 14.5. The Morgan fingerprint density at radius 1 is 1.20 bits per heavy atom. The summed E-state index contributed by atoms with van der Waals surface area (Å²) >= 11 is 0. The number of anilines is 1. The fourth-order valence-electron chi connectivity index (χ4n) is 6.04. The van der Waals surface area contributed by atoms with Crippen LogP contribution in [0.2, 0.25) is 0 Å². The standard InChI is InChI=1S/C33H35N7O4/c1-5-29(42)39-14-13-24(26(41)18-39)40-16-21(17-40)9-12-25-30(31-32(34)35-19-36-33(31)38(25)3)23-11-10-22(15-27(23)43-4)44-28-8-6-7-20(2)37-28/h5-8,10-11,15,19,21,24,26,41H,1,13-14,16-18H2,2-4H3,(H2,34,35,36)/t24-,26+/m1/s1. The van der Waals surface area contributed by atoms with E-state index >= 15 is 0 Å². The number of carbonyl (C=O) groups excluding carboxylic acids is 1. The van der Waals surface area contributed by atoms with Gasteiger partial charge in [0.2, 0.25) is 11.8 Å². The lowest BCUT2D eigenvalue weighted by atomic mass is 9.91. The summed E-state index contributed by atoms with van der Waals surface area (Å²) < 4.78 is 13.8. The Morgan fingerprint density at radius 2 is 2.02 bits per heavy atom. The number of nitrogens with zero attached hydrogens (tertiary/aromatic N) is 6. The topological polar surface area (TPSA) is 132 Å². The van der Waals surface area contributed by atoms with Gasteiger partial charge < -0.3 is 29.8 Å². The Morgan fingerprint density at radius 3 is 2.75 bits per heavy atom. The number of pyridine rings is 1. The molecule has 11 heteroatoms. The molecule has 0 unspecified atom stereocenters. The molecule has 0 saturated carbocycles. The van der Waals surface area contributed by atoms with Crippen molar-refractivity contribution in [2.75, 3.05) is 39.0 Å². The van der Waals surface area contributed by atoms with Crippen LogP contribution in [0.25, 0.3) is 22.2 Å². The molecule has 0 aliphatic carbocycles. The van der Waals surface area contributed by atoms with Crippen molar-refractivity contribution in [3.8, 4) is 40.3 Å². The molecule has 226 valence electrons. The highest BCUT2D eigenvalue weighted by Gasteiger charge is 2.39. The van der Waals surface area contributed by atoms with Crippen LogP contribution in [0.1, 0.15) is 17.8 Å². The second-order valence-electron chi connectivity index (χ2n) is 11.2. The molecule has 3 aromatic heterocycles. The van der Waals surface area contributed by atoms with Gasteiger partial charge in [0.05, 0.1) is 18.6 Å². The van der Waals surface area contributed by atoms with E-state index in [1.807, 2.05) is 48.9 Å². The number of methoxy groups -OCH3 is 1. The van der Waals surface area contributed by atoms with Gasteiger partial charge in [0.25, 0.3) is 0 Å². The Balaban J connectivity index is 1.28. The van der Waals surface area contributed by atoms with E-state index in [0.717, 1.165) is 35.6 Å². The number of nitrogen functional groups attached to an aromatic ring is 1. The molecule has 1 aromatic carbocycles. The number of aliphatic hydroxyl groups excluding tert-OH is 1. The molecule has 1 amide bonds. The van der Waals surface area contributed by atoms with Gasteiger partial charge in [-0.2, -0.15) is 0 Å². The van der Waals surface area contributed by atoms with Gasteiger partial charge in [-0.1, -0.05) is 18.6 Å². The molecular weight excluding hydrogens is 558 g/mol. The van der Waals surface area contributed by atoms with Crippen molar-refractivity contribution in [2.24, 2.45) is 13.0 Å². The summed E-state index contributed by atoms with van der Waals surface area (Å²) in [6.45, 7) is 7.87. The van der Waals surface area contributed by atoms with E-state index in [2.05, 4.69) is 38.3 Å². The quantitative estimate of drug-likeness (QED) is 0.256. The molecule has 3 N–H and O–H groups in total. The number of hydrogen-bond donors (Lipinski definition) is 2. The first kappa shape index (κ1) is 29.2. The summed E-state index contributed by atoms with van der Waals surface area (Å²) in [5.74, 6) is 8.84. The third-order valence-corrected chi connectivity index (χ3v) is 8.33. The molecule has 2 aliphatic rings.